The lowest BCUT2D eigenvalue weighted by Gasteiger charge is -2.37. The Morgan fingerprint density at radius 1 is 1.25 bits per heavy atom. The highest BCUT2D eigenvalue weighted by Gasteiger charge is 2.35. The highest BCUT2D eigenvalue weighted by Crippen LogP contribution is 2.26. The van der Waals surface area contributed by atoms with Gasteiger partial charge in [-0.25, -0.2) is 4.98 Å². The smallest absolute Gasteiger partial charge is 0.422 e. The third kappa shape index (κ3) is 5.99. The summed E-state index contributed by atoms with van der Waals surface area (Å²) in [5.74, 6) is -0.766. The number of benzene rings is 1. The number of nitrogens with zero attached hydrogens (tertiary/aromatic N) is 2. The molecule has 2 amide bonds. The third-order valence-corrected chi connectivity index (χ3v) is 5.52. The van der Waals surface area contributed by atoms with Crippen LogP contribution in [0.5, 0.6) is 5.88 Å². The predicted molar refractivity (Wildman–Crippen MR) is 112 cm³/mol. The molecule has 1 aromatic heterocycles. The first-order valence-corrected chi connectivity index (χ1v) is 10.5. The Balaban J connectivity index is 1.70. The fourth-order valence-corrected chi connectivity index (χ4v) is 3.55. The van der Waals surface area contributed by atoms with Crippen LogP contribution in [0.25, 0.3) is 0 Å². The molecule has 172 valence electrons. The molecule has 0 saturated heterocycles. The summed E-state index contributed by atoms with van der Waals surface area (Å²) in [4.78, 5) is 31.4. The monoisotopic (exact) mass is 449 g/mol. The van der Waals surface area contributed by atoms with E-state index in [1.165, 1.54) is 12.3 Å². The van der Waals surface area contributed by atoms with E-state index in [4.69, 9.17) is 0 Å². The molecule has 1 aliphatic rings. The molecule has 1 N–H and O–H groups in total. The summed E-state index contributed by atoms with van der Waals surface area (Å²) in [6.07, 6.45) is -2.07. The third-order valence-electron chi connectivity index (χ3n) is 5.52. The van der Waals surface area contributed by atoms with E-state index in [2.05, 4.69) is 15.0 Å². The number of halogens is 3. The average molecular weight is 449 g/mol. The van der Waals surface area contributed by atoms with E-state index in [1.807, 2.05) is 38.1 Å². The lowest BCUT2D eigenvalue weighted by atomic mass is 9.92. The van der Waals surface area contributed by atoms with Gasteiger partial charge < -0.3 is 15.0 Å². The molecule has 1 aromatic carbocycles. The quantitative estimate of drug-likeness (QED) is 0.701. The standard InChI is InChI=1S/C23H26F3N3O3/c1-3-15(2)22(31)29-13-18-7-5-4-6-17(18)11-19(29)21(30)28-12-16-8-9-27-20(10-16)32-14-23(24,25)26/h4-10,15,19H,3,11-14H2,1-2H3,(H,28,30). The molecule has 2 unspecified atom stereocenters. The van der Waals surface area contributed by atoms with Crippen LogP contribution in [0.1, 0.15) is 37.0 Å². The van der Waals surface area contributed by atoms with Crippen LogP contribution in [0.15, 0.2) is 42.6 Å². The number of pyridine rings is 1. The molecule has 6 nitrogen and oxygen atoms in total. The fourth-order valence-electron chi connectivity index (χ4n) is 3.55. The Morgan fingerprint density at radius 3 is 2.66 bits per heavy atom. The first kappa shape index (κ1) is 23.6. The highest BCUT2D eigenvalue weighted by molar-refractivity contribution is 5.89. The van der Waals surface area contributed by atoms with E-state index in [0.717, 1.165) is 11.1 Å². The molecule has 0 fully saturated rings. The van der Waals surface area contributed by atoms with Gasteiger partial charge in [-0.2, -0.15) is 13.2 Å². The van der Waals surface area contributed by atoms with Crippen LogP contribution in [-0.2, 0) is 29.1 Å². The normalized spacial score (nSPS) is 16.8. The molecule has 32 heavy (non-hydrogen) atoms. The van der Waals surface area contributed by atoms with Crippen LogP contribution in [-0.4, -0.2) is 40.5 Å². The molecular formula is C23H26F3N3O3. The molecule has 2 heterocycles. The second kappa shape index (κ2) is 10.0. The fraction of sp³-hybridized carbons (Fsp3) is 0.435. The summed E-state index contributed by atoms with van der Waals surface area (Å²) in [5.41, 5.74) is 2.59. The van der Waals surface area contributed by atoms with Crippen LogP contribution in [0.3, 0.4) is 0 Å². The Bertz CT molecular complexity index is 965. The van der Waals surface area contributed by atoms with Gasteiger partial charge in [0.15, 0.2) is 6.61 Å². The number of amides is 2. The summed E-state index contributed by atoms with van der Waals surface area (Å²) in [7, 11) is 0. The largest absolute Gasteiger partial charge is 0.468 e. The number of aromatic nitrogens is 1. The van der Waals surface area contributed by atoms with Gasteiger partial charge in [-0.1, -0.05) is 38.1 Å². The van der Waals surface area contributed by atoms with Crippen LogP contribution in [0.4, 0.5) is 13.2 Å². The minimum absolute atomic E-state index is 0.0751. The van der Waals surface area contributed by atoms with Gasteiger partial charge in [-0.3, -0.25) is 9.59 Å². The van der Waals surface area contributed by atoms with Crippen molar-refractivity contribution in [2.24, 2.45) is 5.92 Å². The van der Waals surface area contributed by atoms with Crippen molar-refractivity contribution in [2.75, 3.05) is 6.61 Å². The number of ether oxygens (including phenoxy) is 1. The van der Waals surface area contributed by atoms with E-state index in [-0.39, 0.29) is 30.2 Å². The molecule has 0 spiro atoms. The van der Waals surface area contributed by atoms with Gasteiger partial charge in [0.05, 0.1) is 0 Å². The van der Waals surface area contributed by atoms with Crippen LogP contribution in [0, 0.1) is 5.92 Å². The Kier molecular flexibility index (Phi) is 7.37. The van der Waals surface area contributed by atoms with Crippen LogP contribution >= 0.6 is 0 Å². The average Bonchev–Trinajstić information content (AvgIpc) is 2.79. The van der Waals surface area contributed by atoms with E-state index in [1.54, 1.807) is 11.0 Å². The Morgan fingerprint density at radius 2 is 1.97 bits per heavy atom. The van der Waals surface area contributed by atoms with Crippen molar-refractivity contribution in [1.82, 2.24) is 15.2 Å². The van der Waals surface area contributed by atoms with E-state index in [9.17, 15) is 22.8 Å². The zero-order valence-electron chi connectivity index (χ0n) is 18.0. The van der Waals surface area contributed by atoms with Gasteiger partial charge in [0.1, 0.15) is 6.04 Å². The number of hydrogen-bond donors (Lipinski definition) is 1. The molecule has 0 bridgehead atoms. The van der Waals surface area contributed by atoms with E-state index < -0.39 is 18.8 Å². The van der Waals surface area contributed by atoms with Crippen molar-refractivity contribution in [2.45, 2.75) is 52.0 Å². The molecule has 3 rings (SSSR count). The van der Waals surface area contributed by atoms with Crippen molar-refractivity contribution in [3.05, 3.63) is 59.3 Å². The molecular weight excluding hydrogens is 423 g/mol. The van der Waals surface area contributed by atoms with Gasteiger partial charge in [0.2, 0.25) is 17.7 Å². The van der Waals surface area contributed by atoms with E-state index in [0.29, 0.717) is 24.9 Å². The summed E-state index contributed by atoms with van der Waals surface area (Å²) in [5, 5.41) is 2.80. The lowest BCUT2D eigenvalue weighted by molar-refractivity contribution is -0.154. The van der Waals surface area contributed by atoms with Crippen LogP contribution in [0.2, 0.25) is 0 Å². The first-order valence-electron chi connectivity index (χ1n) is 10.5. The molecule has 2 aromatic rings. The number of carbonyl (C=O) groups is 2. The molecule has 1 aliphatic heterocycles. The minimum Gasteiger partial charge on any atom is -0.468 e. The number of rotatable bonds is 7. The Labute approximate surface area is 184 Å². The van der Waals surface area contributed by atoms with Gasteiger partial charge in [0.25, 0.3) is 0 Å². The van der Waals surface area contributed by atoms with Crippen molar-refractivity contribution < 1.29 is 27.5 Å². The maximum atomic E-state index is 13.0. The topological polar surface area (TPSA) is 71.5 Å². The number of alkyl halides is 3. The number of carbonyl (C=O) groups excluding carboxylic acids is 2. The first-order chi connectivity index (χ1) is 15.2. The van der Waals surface area contributed by atoms with Gasteiger partial charge in [-0.05, 0) is 29.2 Å². The zero-order valence-corrected chi connectivity index (χ0v) is 18.0. The van der Waals surface area contributed by atoms with Crippen molar-refractivity contribution in [3.8, 4) is 5.88 Å². The molecule has 0 aliphatic carbocycles. The summed E-state index contributed by atoms with van der Waals surface area (Å²) >= 11 is 0. The second-order valence-electron chi connectivity index (χ2n) is 7.89. The number of nitrogens with one attached hydrogen (secondary N) is 1. The zero-order chi connectivity index (χ0) is 23.3. The van der Waals surface area contributed by atoms with Gasteiger partial charge in [-0.15, -0.1) is 0 Å². The summed E-state index contributed by atoms with van der Waals surface area (Å²) < 4.78 is 41.7. The van der Waals surface area contributed by atoms with Crippen molar-refractivity contribution in [3.63, 3.8) is 0 Å². The van der Waals surface area contributed by atoms with Gasteiger partial charge >= 0.3 is 6.18 Å². The second-order valence-corrected chi connectivity index (χ2v) is 7.89. The van der Waals surface area contributed by atoms with E-state index >= 15 is 0 Å². The van der Waals surface area contributed by atoms with Gasteiger partial charge in [0, 0.05) is 37.7 Å². The minimum atomic E-state index is -4.46. The number of hydrogen-bond acceptors (Lipinski definition) is 4. The highest BCUT2D eigenvalue weighted by atomic mass is 19.4. The van der Waals surface area contributed by atoms with Crippen molar-refractivity contribution in [1.29, 1.82) is 0 Å². The molecule has 9 heteroatoms. The number of fused-ring (bicyclic) bond motifs is 1. The lowest BCUT2D eigenvalue weighted by Crippen LogP contribution is -2.53. The maximum absolute atomic E-state index is 13.0. The molecule has 0 saturated carbocycles. The Hall–Kier alpha value is -3.10. The molecule has 0 radical (unpaired) electrons. The molecule has 2 atom stereocenters. The van der Waals surface area contributed by atoms with Crippen LogP contribution < -0.4 is 10.1 Å². The summed E-state index contributed by atoms with van der Waals surface area (Å²) in [6.45, 7) is 2.77. The van der Waals surface area contributed by atoms with Crippen molar-refractivity contribution >= 4 is 11.8 Å². The maximum Gasteiger partial charge on any atom is 0.422 e. The predicted octanol–water partition coefficient (Wildman–Crippen LogP) is 3.64. The SMILES string of the molecule is CCC(C)C(=O)N1Cc2ccccc2CC1C(=O)NCc1ccnc(OCC(F)(F)F)c1. The summed E-state index contributed by atoms with van der Waals surface area (Å²) in [6, 6.07) is 10.00.